The van der Waals surface area contributed by atoms with Crippen LogP contribution in [0, 0.1) is 5.82 Å². The molecule has 27 heavy (non-hydrogen) atoms. The lowest BCUT2D eigenvalue weighted by Gasteiger charge is -2.14. The number of sulfone groups is 1. The Balaban J connectivity index is 2.31. The van der Waals surface area contributed by atoms with Crippen LogP contribution < -0.4 is 15.8 Å². The quantitative estimate of drug-likeness (QED) is 0.531. The van der Waals surface area contributed by atoms with Crippen molar-refractivity contribution in [3.05, 3.63) is 52.7 Å². The highest BCUT2D eigenvalue weighted by molar-refractivity contribution is 7.92. The van der Waals surface area contributed by atoms with Crippen molar-refractivity contribution < 1.29 is 27.5 Å². The van der Waals surface area contributed by atoms with Crippen molar-refractivity contribution in [2.45, 2.75) is 18.2 Å². The van der Waals surface area contributed by atoms with Crippen molar-refractivity contribution in [2.75, 3.05) is 13.4 Å². The number of rotatable bonds is 7. The summed E-state index contributed by atoms with van der Waals surface area (Å²) in [5.74, 6) is -1.30. The minimum absolute atomic E-state index is 0.0721. The van der Waals surface area contributed by atoms with Gasteiger partial charge in [-0.1, -0.05) is 12.1 Å². The molecule has 0 bridgehead atoms. The van der Waals surface area contributed by atoms with Crippen molar-refractivity contribution in [3.63, 3.8) is 0 Å². The Morgan fingerprint density at radius 1 is 1.37 bits per heavy atom. The van der Waals surface area contributed by atoms with E-state index in [-0.39, 0.29) is 18.5 Å². The number of hydroxylamine groups is 1. The lowest BCUT2D eigenvalue weighted by molar-refractivity contribution is -0.128. The fraction of sp³-hybridized carbons (Fsp3) is 0.294. The van der Waals surface area contributed by atoms with Crippen molar-refractivity contribution in [1.29, 1.82) is 0 Å². The summed E-state index contributed by atoms with van der Waals surface area (Å²) in [5, 5.41) is 7.11. The third-order valence-electron chi connectivity index (χ3n) is 4.01. The zero-order valence-electron chi connectivity index (χ0n) is 14.7. The van der Waals surface area contributed by atoms with E-state index >= 15 is 0 Å². The molecule has 1 heterocycles. The van der Waals surface area contributed by atoms with Gasteiger partial charge in [0.1, 0.15) is 16.8 Å². The Labute approximate surface area is 155 Å². The van der Waals surface area contributed by atoms with Crippen LogP contribution in [0.1, 0.15) is 6.42 Å². The number of ether oxygens (including phenoxy) is 1. The van der Waals surface area contributed by atoms with Gasteiger partial charge in [0.15, 0.2) is 9.84 Å². The lowest BCUT2D eigenvalue weighted by Crippen LogP contribution is -2.39. The fourth-order valence-electron chi connectivity index (χ4n) is 2.60. The Hall–Kier alpha value is -2.72. The van der Waals surface area contributed by atoms with Gasteiger partial charge in [-0.25, -0.2) is 18.3 Å². The van der Waals surface area contributed by atoms with E-state index in [1.807, 2.05) is 0 Å². The van der Waals surface area contributed by atoms with Crippen LogP contribution in [0.5, 0.6) is 5.75 Å². The minimum atomic E-state index is -3.82. The molecule has 2 N–H and O–H groups in total. The van der Waals surface area contributed by atoms with E-state index in [0.717, 1.165) is 23.1 Å². The van der Waals surface area contributed by atoms with Gasteiger partial charge in [-0.3, -0.25) is 14.8 Å². The van der Waals surface area contributed by atoms with E-state index < -0.39 is 32.4 Å². The highest BCUT2D eigenvalue weighted by atomic mass is 32.2. The second kappa shape index (κ2) is 8.31. The Morgan fingerprint density at radius 2 is 2.07 bits per heavy atom. The predicted molar refractivity (Wildman–Crippen MR) is 95.8 cm³/mol. The molecule has 146 valence electrons. The maximum atomic E-state index is 14.5. The Kier molecular flexibility index (Phi) is 6.34. The predicted octanol–water partition coefficient (Wildman–Crippen LogP) is 0.972. The largest absolute Gasteiger partial charge is 0.497 e. The van der Waals surface area contributed by atoms with E-state index in [9.17, 15) is 22.4 Å². The summed E-state index contributed by atoms with van der Waals surface area (Å²) in [5.41, 5.74) is 1.24. The first-order valence-corrected chi connectivity index (χ1v) is 9.80. The zero-order valence-corrected chi connectivity index (χ0v) is 15.5. The first-order valence-electron chi connectivity index (χ1n) is 7.84. The van der Waals surface area contributed by atoms with Gasteiger partial charge in [-0.2, -0.15) is 0 Å². The number of amides is 1. The average Bonchev–Trinajstić information content (AvgIpc) is 2.62. The van der Waals surface area contributed by atoms with Crippen molar-refractivity contribution in [1.82, 2.24) is 10.0 Å². The van der Waals surface area contributed by atoms with Gasteiger partial charge in [0.05, 0.1) is 7.11 Å². The number of hydrogen-bond donors (Lipinski definition) is 2. The van der Waals surface area contributed by atoms with Crippen molar-refractivity contribution >= 4 is 15.7 Å². The van der Waals surface area contributed by atoms with Gasteiger partial charge >= 0.3 is 0 Å². The van der Waals surface area contributed by atoms with Gasteiger partial charge in [-0.15, -0.1) is 0 Å². The van der Waals surface area contributed by atoms with Gasteiger partial charge in [-0.05, 0) is 24.1 Å². The molecule has 2 rings (SSSR count). The molecular formula is C17H19FN2O6S. The molecule has 0 aliphatic heterocycles. The first-order chi connectivity index (χ1) is 12.7. The Morgan fingerprint density at radius 3 is 2.67 bits per heavy atom. The third kappa shape index (κ3) is 4.92. The van der Waals surface area contributed by atoms with Crippen LogP contribution in [-0.2, 0) is 21.2 Å². The summed E-state index contributed by atoms with van der Waals surface area (Å²) in [6.07, 6.45) is 1.48. The van der Waals surface area contributed by atoms with Crippen LogP contribution in [0.15, 0.2) is 41.3 Å². The van der Waals surface area contributed by atoms with Crippen LogP contribution >= 0.6 is 0 Å². The Bertz CT molecular complexity index is 1000. The van der Waals surface area contributed by atoms with E-state index in [1.54, 1.807) is 24.3 Å². The summed E-state index contributed by atoms with van der Waals surface area (Å²) in [6, 6.07) is 7.62. The number of pyridine rings is 1. The SMILES string of the molecule is COc1cccc(-c2cc(=O)n(CC[C@H](C(=O)NO)S(C)(=O)=O)cc2F)c1. The number of halogens is 1. The number of methoxy groups -OCH3 is 1. The molecule has 1 atom stereocenters. The van der Waals surface area contributed by atoms with Crippen LogP contribution in [0.4, 0.5) is 4.39 Å². The van der Waals surface area contributed by atoms with E-state index in [2.05, 4.69) is 0 Å². The van der Waals surface area contributed by atoms with Gasteiger partial charge < -0.3 is 9.30 Å². The molecule has 0 spiro atoms. The molecule has 0 saturated carbocycles. The number of carbonyl (C=O) groups excluding carboxylic acids is 1. The fourth-order valence-corrected chi connectivity index (χ4v) is 3.57. The summed E-state index contributed by atoms with van der Waals surface area (Å²) in [4.78, 5) is 23.8. The number of aryl methyl sites for hydroxylation is 1. The molecule has 0 radical (unpaired) electrons. The second-order valence-electron chi connectivity index (χ2n) is 5.88. The third-order valence-corrected chi connectivity index (χ3v) is 5.49. The van der Waals surface area contributed by atoms with Crippen LogP contribution in [0.3, 0.4) is 0 Å². The monoisotopic (exact) mass is 398 g/mol. The highest BCUT2D eigenvalue weighted by Crippen LogP contribution is 2.25. The smallest absolute Gasteiger partial charge is 0.261 e. The van der Waals surface area contributed by atoms with Gasteiger partial charge in [0.25, 0.3) is 11.5 Å². The van der Waals surface area contributed by atoms with Crippen LogP contribution in [0.2, 0.25) is 0 Å². The second-order valence-corrected chi connectivity index (χ2v) is 8.11. The van der Waals surface area contributed by atoms with Crippen LogP contribution in [0.25, 0.3) is 11.1 Å². The molecule has 0 saturated heterocycles. The minimum Gasteiger partial charge on any atom is -0.497 e. The van der Waals surface area contributed by atoms with Gasteiger partial charge in [0, 0.05) is 30.6 Å². The lowest BCUT2D eigenvalue weighted by atomic mass is 10.1. The topological polar surface area (TPSA) is 115 Å². The van der Waals surface area contributed by atoms with Crippen LogP contribution in [-0.4, -0.2) is 42.7 Å². The first kappa shape index (κ1) is 20.6. The number of nitrogens with zero attached hydrogens (tertiary/aromatic N) is 1. The van der Waals surface area contributed by atoms with Gasteiger partial charge in [0.2, 0.25) is 0 Å². The summed E-state index contributed by atoms with van der Waals surface area (Å²) in [7, 11) is -2.36. The van der Waals surface area contributed by atoms with Crippen molar-refractivity contribution in [3.8, 4) is 16.9 Å². The maximum absolute atomic E-state index is 14.5. The molecule has 1 aromatic heterocycles. The number of nitrogens with one attached hydrogen (secondary N) is 1. The molecule has 0 aliphatic rings. The van der Waals surface area contributed by atoms with Crippen molar-refractivity contribution in [2.24, 2.45) is 0 Å². The average molecular weight is 398 g/mol. The standard InChI is InChI=1S/C17H19FN2O6S/c1-26-12-5-3-4-11(8-12)13-9-16(21)20(10-14(13)18)7-6-15(17(22)19-23)27(2,24)25/h3-5,8-10,15,23H,6-7H2,1-2H3,(H,19,22)/t15-/m1/s1. The number of aromatic nitrogens is 1. The zero-order chi connectivity index (χ0) is 20.2. The molecule has 8 nitrogen and oxygen atoms in total. The van der Waals surface area contributed by atoms with E-state index in [4.69, 9.17) is 9.94 Å². The normalized spacial score (nSPS) is 12.4. The molecule has 0 unspecified atom stereocenters. The maximum Gasteiger partial charge on any atom is 0.261 e. The summed E-state index contributed by atoms with van der Waals surface area (Å²) >= 11 is 0. The molecule has 0 aliphatic carbocycles. The molecular weight excluding hydrogens is 379 g/mol. The number of hydrogen-bond acceptors (Lipinski definition) is 6. The summed E-state index contributed by atoms with van der Waals surface area (Å²) in [6.45, 7) is -0.223. The molecule has 10 heteroatoms. The van der Waals surface area contributed by atoms with E-state index in [1.165, 1.54) is 12.6 Å². The molecule has 1 amide bonds. The summed E-state index contributed by atoms with van der Waals surface area (Å²) < 4.78 is 43.9. The highest BCUT2D eigenvalue weighted by Gasteiger charge is 2.28. The number of carbonyl (C=O) groups is 1. The molecule has 1 aromatic carbocycles. The molecule has 0 fully saturated rings. The van der Waals surface area contributed by atoms with E-state index in [0.29, 0.717) is 11.3 Å². The molecule has 2 aromatic rings. The number of benzene rings is 1.